The lowest BCUT2D eigenvalue weighted by atomic mass is 9.95. The first-order chi connectivity index (χ1) is 36.9. The Morgan fingerprint density at radius 1 is 0.653 bits per heavy atom. The summed E-state index contributed by atoms with van der Waals surface area (Å²) in [5.41, 5.74) is 19.4. The number of rotatable bonds is 13. The number of para-hydroxylation sites is 2. The molecule has 0 amide bonds. The Kier molecular flexibility index (Phi) is 15.5. The fraction of sp³-hybridized carbons (Fsp3) is 0.0580. The van der Waals surface area contributed by atoms with Crippen LogP contribution in [0.2, 0.25) is 0 Å². The summed E-state index contributed by atoms with van der Waals surface area (Å²) in [6.07, 6.45) is 18.5. The Morgan fingerprint density at radius 3 is 2.13 bits per heavy atom. The summed E-state index contributed by atoms with van der Waals surface area (Å²) in [6.45, 7) is 9.78. The fourth-order valence-electron chi connectivity index (χ4n) is 9.63. The Bertz CT molecular complexity index is 3840. The van der Waals surface area contributed by atoms with Crippen LogP contribution in [0.25, 0.3) is 83.9 Å². The minimum absolute atomic E-state index is 0.782. The number of thiophene rings is 1. The summed E-state index contributed by atoms with van der Waals surface area (Å²) in [4.78, 5) is 5.94. The van der Waals surface area contributed by atoms with Crippen LogP contribution in [0.5, 0.6) is 0 Å². The molecule has 0 aliphatic heterocycles. The summed E-state index contributed by atoms with van der Waals surface area (Å²) in [6, 6.07) is 72.2. The number of hydrogen-bond acceptors (Lipinski definition) is 4. The number of H-pyrrole nitrogens is 1. The highest BCUT2D eigenvalue weighted by Gasteiger charge is 2.17. The molecule has 5 nitrogen and oxygen atoms in total. The Hall–Kier alpha value is -9.23. The second-order valence-electron chi connectivity index (χ2n) is 18.3. The summed E-state index contributed by atoms with van der Waals surface area (Å²) in [5, 5.41) is 19.4. The van der Waals surface area contributed by atoms with Crippen molar-refractivity contribution < 1.29 is 0 Å². The van der Waals surface area contributed by atoms with E-state index in [1.165, 1.54) is 71.3 Å². The van der Waals surface area contributed by atoms with Crippen molar-refractivity contribution in [2.24, 2.45) is 15.4 Å². The maximum Gasteiger partial charge on any atom is 0.0990 e. The zero-order chi connectivity index (χ0) is 51.3. The summed E-state index contributed by atoms with van der Waals surface area (Å²) >= 11 is 1.76. The number of fused-ring (bicyclic) bond motifs is 2. The molecule has 2 N–H and O–H groups in total. The van der Waals surface area contributed by atoms with Crippen LogP contribution in [0.3, 0.4) is 0 Å². The van der Waals surface area contributed by atoms with E-state index in [0.717, 1.165) is 56.1 Å². The number of hydrogen-bond donors (Lipinski definition) is 2. The number of benzene rings is 8. The van der Waals surface area contributed by atoms with Gasteiger partial charge >= 0.3 is 0 Å². The molecular formula is C69H57N5S. The molecule has 0 saturated heterocycles. The lowest BCUT2D eigenvalue weighted by Gasteiger charge is -2.15. The van der Waals surface area contributed by atoms with Crippen LogP contribution in [0.15, 0.2) is 252 Å². The monoisotopic (exact) mass is 987 g/mol. The van der Waals surface area contributed by atoms with Crippen molar-refractivity contribution in [1.29, 1.82) is 0 Å². The number of nitrogens with one attached hydrogen (secondary N) is 2. The lowest BCUT2D eigenvalue weighted by molar-refractivity contribution is 1.08. The van der Waals surface area contributed by atoms with E-state index in [-0.39, 0.29) is 0 Å². The molecule has 10 aromatic rings. The fourth-order valence-corrected chi connectivity index (χ4v) is 10.8. The smallest absolute Gasteiger partial charge is 0.0990 e. The zero-order valence-electron chi connectivity index (χ0n) is 42.4. The maximum atomic E-state index is 4.48. The van der Waals surface area contributed by atoms with Gasteiger partial charge in [0.25, 0.3) is 0 Å². The van der Waals surface area contributed by atoms with Crippen LogP contribution in [0, 0.1) is 6.92 Å². The number of aromatic nitrogens is 1. The highest BCUT2D eigenvalue weighted by Crippen LogP contribution is 2.41. The van der Waals surface area contributed by atoms with E-state index >= 15 is 0 Å². The van der Waals surface area contributed by atoms with E-state index in [2.05, 4.69) is 283 Å². The largest absolute Gasteiger partial charge is 0.358 e. The third kappa shape index (κ3) is 11.5. The first-order valence-corrected chi connectivity index (χ1v) is 26.1. The third-order valence-corrected chi connectivity index (χ3v) is 14.7. The summed E-state index contributed by atoms with van der Waals surface area (Å²) < 4.78 is 0. The minimum Gasteiger partial charge on any atom is -0.358 e. The Labute approximate surface area is 444 Å². The number of anilines is 2. The van der Waals surface area contributed by atoms with Gasteiger partial charge in [0.05, 0.1) is 5.70 Å². The Balaban J connectivity index is 0.000000171. The van der Waals surface area contributed by atoms with Gasteiger partial charge in [0.2, 0.25) is 0 Å². The molecule has 0 radical (unpaired) electrons. The van der Waals surface area contributed by atoms with Gasteiger partial charge in [-0.05, 0) is 130 Å². The predicted molar refractivity (Wildman–Crippen MR) is 325 cm³/mol. The van der Waals surface area contributed by atoms with Gasteiger partial charge in [-0.25, -0.2) is 0 Å². The average Bonchev–Trinajstić information content (AvgIpc) is 3.92. The highest BCUT2D eigenvalue weighted by atomic mass is 32.1. The number of nitrogens with zero attached hydrogens (tertiary/aromatic N) is 3. The molecule has 0 unspecified atom stereocenters. The topological polar surface area (TPSA) is 64.9 Å². The molecule has 2 aromatic heterocycles. The van der Waals surface area contributed by atoms with E-state index in [1.807, 2.05) is 25.1 Å². The van der Waals surface area contributed by atoms with Crippen LogP contribution < -0.4 is 5.32 Å². The summed E-state index contributed by atoms with van der Waals surface area (Å²) in [5.74, 6) is 0. The van der Waals surface area contributed by atoms with Gasteiger partial charge in [0, 0.05) is 61.1 Å². The lowest BCUT2D eigenvalue weighted by Crippen LogP contribution is -1.96. The van der Waals surface area contributed by atoms with Crippen molar-refractivity contribution in [2.75, 3.05) is 5.32 Å². The normalized spacial score (nSPS) is 12.9. The van der Waals surface area contributed by atoms with E-state index < -0.39 is 0 Å². The van der Waals surface area contributed by atoms with Crippen molar-refractivity contribution in [3.8, 4) is 21.6 Å². The molecule has 0 fully saturated rings. The quantitative estimate of drug-likeness (QED) is 0.0675. The minimum atomic E-state index is 0.782. The predicted octanol–water partition coefficient (Wildman–Crippen LogP) is 20.0. The van der Waals surface area contributed by atoms with Crippen LogP contribution >= 0.6 is 11.3 Å². The second kappa shape index (κ2) is 23.5. The van der Waals surface area contributed by atoms with E-state index in [4.69, 9.17) is 0 Å². The molecule has 8 aromatic carbocycles. The van der Waals surface area contributed by atoms with E-state index in [9.17, 15) is 0 Å². The molecule has 1 aliphatic carbocycles. The van der Waals surface area contributed by atoms with Gasteiger partial charge in [-0.1, -0.05) is 218 Å². The number of aryl methyl sites for hydroxylation is 1. The standard InChI is InChI=1S/C36H30N2.C33H27N3S/c1-26-32(22-20-27-12-4-2-5-13-27)34-25-29(21-23-36(34)37-26)28-14-8-9-15-30(24-28)33-18-10-11-19-35(33)38-31-16-6-3-7-17-31;1-4-11-28-22-31(26-13-6-5-7-14-26)37-33(28)23(2)32(35-36-34-3)27-20-18-25(19-21-27)30-17-10-15-24-12-8-9-16-29(24)30/h2-14,16-25,37-38H,15H2,1H3;4-22H,3H2,1-2H3/b22-20-;11-4-,32-23+,36-35?. The molecule has 1 aliphatic rings. The number of aromatic amines is 1. The van der Waals surface area contributed by atoms with Crippen molar-refractivity contribution in [3.05, 3.63) is 281 Å². The zero-order valence-corrected chi connectivity index (χ0v) is 43.2. The molecular weight excluding hydrogens is 931 g/mol. The van der Waals surface area contributed by atoms with Gasteiger partial charge < -0.3 is 10.3 Å². The van der Waals surface area contributed by atoms with Gasteiger partial charge in [0.1, 0.15) is 0 Å². The molecule has 364 valence electrons. The van der Waals surface area contributed by atoms with Crippen LogP contribution in [0.1, 0.15) is 64.2 Å². The maximum absolute atomic E-state index is 4.48. The van der Waals surface area contributed by atoms with Gasteiger partial charge in [-0.15, -0.1) is 21.6 Å². The third-order valence-electron chi connectivity index (χ3n) is 13.3. The van der Waals surface area contributed by atoms with Gasteiger partial charge in [0.15, 0.2) is 0 Å². The molecule has 0 saturated carbocycles. The van der Waals surface area contributed by atoms with Crippen LogP contribution in [-0.2, 0) is 0 Å². The van der Waals surface area contributed by atoms with Gasteiger partial charge in [-0.2, -0.15) is 0 Å². The molecule has 0 bridgehead atoms. The highest BCUT2D eigenvalue weighted by molar-refractivity contribution is 7.16. The van der Waals surface area contributed by atoms with E-state index in [0.29, 0.717) is 0 Å². The van der Waals surface area contributed by atoms with Gasteiger partial charge in [-0.3, -0.25) is 0 Å². The van der Waals surface area contributed by atoms with E-state index in [1.54, 1.807) is 11.3 Å². The molecule has 75 heavy (non-hydrogen) atoms. The summed E-state index contributed by atoms with van der Waals surface area (Å²) in [7, 11) is 0. The molecule has 0 atom stereocenters. The first-order valence-electron chi connectivity index (χ1n) is 25.3. The first kappa shape index (κ1) is 49.4. The number of allylic oxidation sites excluding steroid dienone is 8. The van der Waals surface area contributed by atoms with Crippen LogP contribution in [-0.4, -0.2) is 11.7 Å². The second-order valence-corrected chi connectivity index (χ2v) is 19.4. The van der Waals surface area contributed by atoms with Crippen molar-refractivity contribution in [1.82, 2.24) is 4.98 Å². The van der Waals surface area contributed by atoms with Crippen LogP contribution in [0.4, 0.5) is 11.4 Å². The SMILES string of the molecule is C=NN=N/C(=C(\C)c1sc(-c2ccccc2)cc1/C=C\C)c1ccc(-c2cccc3ccccc23)cc1.Cc1[nH]c2ccc(C3=CC=CCC(c4ccccc4Nc4ccccc4)=C3)cc2c1/C=C\c1ccccc1. The average molecular weight is 988 g/mol. The molecule has 2 heterocycles. The molecule has 6 heteroatoms. The van der Waals surface area contributed by atoms with Crippen molar-refractivity contribution >= 4 is 91.7 Å². The molecule has 11 rings (SSSR count). The Morgan fingerprint density at radius 2 is 1.35 bits per heavy atom. The van der Waals surface area contributed by atoms with Crippen molar-refractivity contribution in [3.63, 3.8) is 0 Å². The molecule has 0 spiro atoms. The van der Waals surface area contributed by atoms with Crippen molar-refractivity contribution in [2.45, 2.75) is 27.2 Å².